The normalized spacial score (nSPS) is 9.90. The number of benzene rings is 1. The van der Waals surface area contributed by atoms with Crippen molar-refractivity contribution in [3.8, 4) is 0 Å². The summed E-state index contributed by atoms with van der Waals surface area (Å²) in [6.45, 7) is 4.95. The zero-order chi connectivity index (χ0) is 15.4. The number of aliphatic carboxylic acids is 1. The van der Waals surface area contributed by atoms with Crippen molar-refractivity contribution in [2.24, 2.45) is 0 Å². The summed E-state index contributed by atoms with van der Waals surface area (Å²) in [6, 6.07) is 9.70. The van der Waals surface area contributed by atoms with Gasteiger partial charge in [-0.2, -0.15) is 0 Å². The van der Waals surface area contributed by atoms with E-state index in [-0.39, 0.29) is 5.97 Å². The molecule has 0 aliphatic heterocycles. The van der Waals surface area contributed by atoms with Crippen LogP contribution in [0.5, 0.6) is 0 Å². The Morgan fingerprint density at radius 1 is 1.20 bits per heavy atom. The summed E-state index contributed by atoms with van der Waals surface area (Å²) < 4.78 is 4.27. The zero-order valence-electron chi connectivity index (χ0n) is 11.6. The molecule has 1 rings (SSSR count). The molecule has 0 fully saturated rings. The molecule has 1 N–H and O–H groups in total. The number of methoxy groups -OCH3 is 1. The van der Waals surface area contributed by atoms with Crippen LogP contribution in [0.1, 0.15) is 12.5 Å². The van der Waals surface area contributed by atoms with E-state index >= 15 is 0 Å². The molecule has 1 aromatic carbocycles. The SMILES string of the molecule is C=C(C)C(=O)OC.O=C(O)C=CC=Cc1ccccc1. The summed E-state index contributed by atoms with van der Waals surface area (Å²) in [7, 11) is 1.33. The molecule has 1 aromatic rings. The van der Waals surface area contributed by atoms with Gasteiger partial charge >= 0.3 is 11.9 Å². The lowest BCUT2D eigenvalue weighted by atomic mass is 10.2. The Morgan fingerprint density at radius 2 is 1.80 bits per heavy atom. The molecule has 0 amide bonds. The highest BCUT2D eigenvalue weighted by molar-refractivity contribution is 5.86. The molecular formula is C16H18O4. The number of carbonyl (C=O) groups excluding carboxylic acids is 1. The van der Waals surface area contributed by atoms with E-state index < -0.39 is 5.97 Å². The van der Waals surface area contributed by atoms with Crippen LogP contribution in [0.2, 0.25) is 0 Å². The number of ether oxygens (including phenoxy) is 1. The summed E-state index contributed by atoms with van der Waals surface area (Å²) in [5, 5.41) is 8.29. The van der Waals surface area contributed by atoms with Crippen LogP contribution < -0.4 is 0 Å². The molecule has 0 unspecified atom stereocenters. The molecule has 0 aliphatic rings. The Bertz CT molecular complexity index is 498. The van der Waals surface area contributed by atoms with Crippen molar-refractivity contribution < 1.29 is 19.4 Å². The quantitative estimate of drug-likeness (QED) is 0.520. The largest absolute Gasteiger partial charge is 0.478 e. The number of esters is 1. The monoisotopic (exact) mass is 274 g/mol. The summed E-state index contributed by atoms with van der Waals surface area (Å²) in [5.74, 6) is -1.28. The van der Waals surface area contributed by atoms with E-state index in [1.165, 1.54) is 13.2 Å². The smallest absolute Gasteiger partial charge is 0.332 e. The van der Waals surface area contributed by atoms with E-state index in [1.807, 2.05) is 36.4 Å². The molecule has 0 saturated carbocycles. The predicted molar refractivity (Wildman–Crippen MR) is 79.1 cm³/mol. The second-order valence-electron chi connectivity index (χ2n) is 3.74. The number of hydrogen-bond acceptors (Lipinski definition) is 3. The minimum absolute atomic E-state index is 0.347. The van der Waals surface area contributed by atoms with Crippen molar-refractivity contribution in [3.05, 3.63) is 66.3 Å². The third-order valence-electron chi connectivity index (χ3n) is 1.97. The van der Waals surface area contributed by atoms with Gasteiger partial charge in [-0.3, -0.25) is 0 Å². The third kappa shape index (κ3) is 9.41. The number of allylic oxidation sites excluding steroid dienone is 2. The van der Waals surface area contributed by atoms with E-state index in [0.717, 1.165) is 11.6 Å². The summed E-state index contributed by atoms with van der Waals surface area (Å²) in [5.41, 5.74) is 1.49. The van der Waals surface area contributed by atoms with Crippen LogP contribution in [0.3, 0.4) is 0 Å². The average Bonchev–Trinajstić information content (AvgIpc) is 2.44. The number of hydrogen-bond donors (Lipinski definition) is 1. The highest BCUT2D eigenvalue weighted by atomic mass is 16.5. The van der Waals surface area contributed by atoms with Gasteiger partial charge in [-0.1, -0.05) is 55.1 Å². The van der Waals surface area contributed by atoms with Crippen molar-refractivity contribution in [1.82, 2.24) is 0 Å². The lowest BCUT2D eigenvalue weighted by Crippen LogP contribution is -1.98. The number of rotatable bonds is 4. The molecule has 4 heteroatoms. The van der Waals surface area contributed by atoms with Crippen molar-refractivity contribution >= 4 is 18.0 Å². The van der Waals surface area contributed by atoms with Crippen molar-refractivity contribution in [2.45, 2.75) is 6.92 Å². The van der Waals surface area contributed by atoms with Crippen LogP contribution in [0, 0.1) is 0 Å². The van der Waals surface area contributed by atoms with E-state index in [4.69, 9.17) is 5.11 Å². The molecule has 106 valence electrons. The topological polar surface area (TPSA) is 63.6 Å². The van der Waals surface area contributed by atoms with E-state index in [2.05, 4.69) is 11.3 Å². The Labute approximate surface area is 118 Å². The van der Waals surface area contributed by atoms with E-state index in [0.29, 0.717) is 5.57 Å². The third-order valence-corrected chi connectivity index (χ3v) is 1.97. The molecule has 0 saturated heterocycles. The highest BCUT2D eigenvalue weighted by Gasteiger charge is 1.95. The second-order valence-corrected chi connectivity index (χ2v) is 3.74. The minimum Gasteiger partial charge on any atom is -0.478 e. The maximum Gasteiger partial charge on any atom is 0.332 e. The van der Waals surface area contributed by atoms with Gasteiger partial charge < -0.3 is 9.84 Å². The maximum atomic E-state index is 10.2. The molecule has 0 atom stereocenters. The van der Waals surface area contributed by atoms with Gasteiger partial charge in [-0.05, 0) is 12.5 Å². The van der Waals surface area contributed by atoms with Crippen LogP contribution in [-0.2, 0) is 14.3 Å². The highest BCUT2D eigenvalue weighted by Crippen LogP contribution is 2.00. The van der Waals surface area contributed by atoms with Crippen LogP contribution in [0.15, 0.2) is 60.7 Å². The van der Waals surface area contributed by atoms with Crippen LogP contribution in [0.4, 0.5) is 0 Å². The fourth-order valence-corrected chi connectivity index (χ4v) is 1.04. The minimum atomic E-state index is -0.933. The van der Waals surface area contributed by atoms with Crippen molar-refractivity contribution in [1.29, 1.82) is 0 Å². The lowest BCUT2D eigenvalue weighted by molar-refractivity contribution is -0.136. The molecule has 0 heterocycles. The van der Waals surface area contributed by atoms with Gasteiger partial charge in [0.25, 0.3) is 0 Å². The van der Waals surface area contributed by atoms with Crippen LogP contribution in [0.25, 0.3) is 6.08 Å². The molecule has 0 radical (unpaired) electrons. The van der Waals surface area contributed by atoms with Gasteiger partial charge in [-0.15, -0.1) is 0 Å². The first-order valence-electron chi connectivity index (χ1n) is 5.84. The van der Waals surface area contributed by atoms with E-state index in [1.54, 1.807) is 13.0 Å². The molecule has 0 aliphatic carbocycles. The van der Waals surface area contributed by atoms with Gasteiger partial charge in [0.15, 0.2) is 0 Å². The maximum absolute atomic E-state index is 10.2. The lowest BCUT2D eigenvalue weighted by Gasteiger charge is -1.91. The predicted octanol–water partition coefficient (Wildman–Crippen LogP) is 3.08. The first kappa shape index (κ1) is 17.4. The first-order valence-corrected chi connectivity index (χ1v) is 5.84. The molecule has 20 heavy (non-hydrogen) atoms. The molecule has 0 aromatic heterocycles. The van der Waals surface area contributed by atoms with Crippen molar-refractivity contribution in [2.75, 3.05) is 7.11 Å². The fourth-order valence-electron chi connectivity index (χ4n) is 1.04. The van der Waals surface area contributed by atoms with Gasteiger partial charge in [-0.25, -0.2) is 9.59 Å². The molecular weight excluding hydrogens is 256 g/mol. The van der Waals surface area contributed by atoms with Gasteiger partial charge in [0.2, 0.25) is 0 Å². The Balaban J connectivity index is 0.000000441. The van der Waals surface area contributed by atoms with Crippen LogP contribution in [-0.4, -0.2) is 24.2 Å². The molecule has 0 spiro atoms. The second kappa shape index (κ2) is 10.3. The van der Waals surface area contributed by atoms with Gasteiger partial charge in [0.05, 0.1) is 7.11 Å². The summed E-state index contributed by atoms with van der Waals surface area (Å²) in [6.07, 6.45) is 6.14. The summed E-state index contributed by atoms with van der Waals surface area (Å²) >= 11 is 0. The van der Waals surface area contributed by atoms with Gasteiger partial charge in [0, 0.05) is 11.6 Å². The molecule has 4 nitrogen and oxygen atoms in total. The van der Waals surface area contributed by atoms with E-state index in [9.17, 15) is 9.59 Å². The number of carboxylic acid groups (broad SMARTS) is 1. The number of carboxylic acids is 1. The zero-order valence-corrected chi connectivity index (χ0v) is 11.6. The standard InChI is InChI=1S/C11H10O2.C5H8O2/c12-11(13)9-5-4-8-10-6-2-1-3-7-10;1-4(2)5(6)7-3/h1-9H,(H,12,13);1H2,2-3H3. The van der Waals surface area contributed by atoms with Gasteiger partial charge in [0.1, 0.15) is 0 Å². The van der Waals surface area contributed by atoms with Crippen LogP contribution >= 0.6 is 0 Å². The number of carbonyl (C=O) groups is 2. The summed E-state index contributed by atoms with van der Waals surface area (Å²) in [4.78, 5) is 20.3. The molecule has 0 bridgehead atoms. The fraction of sp³-hybridized carbons (Fsp3) is 0.125. The van der Waals surface area contributed by atoms with Crippen molar-refractivity contribution in [3.63, 3.8) is 0 Å². The Morgan fingerprint density at radius 3 is 2.20 bits per heavy atom. The Kier molecular flexibility index (Phi) is 8.96. The average molecular weight is 274 g/mol. The Hall–Kier alpha value is -2.62. The first-order chi connectivity index (χ1) is 9.47.